The minimum atomic E-state index is -0.558. The van der Waals surface area contributed by atoms with E-state index in [2.05, 4.69) is 20.8 Å². The highest BCUT2D eigenvalue weighted by Crippen LogP contribution is 2.28. The lowest BCUT2D eigenvalue weighted by Crippen LogP contribution is -2.21. The van der Waals surface area contributed by atoms with E-state index < -0.39 is 5.82 Å². The molecule has 2 aromatic rings. The summed E-state index contributed by atoms with van der Waals surface area (Å²) >= 11 is 0. The highest BCUT2D eigenvalue weighted by molar-refractivity contribution is 5.94. The van der Waals surface area contributed by atoms with E-state index in [1.807, 2.05) is 24.3 Å². The minimum absolute atomic E-state index is 0.0535. The van der Waals surface area contributed by atoms with Crippen molar-refractivity contribution >= 4 is 5.91 Å². The number of amides is 1. The molecule has 2 rings (SSSR count). The molecule has 0 bridgehead atoms. The lowest BCUT2D eigenvalue weighted by atomic mass is 9.87. The first-order chi connectivity index (χ1) is 10.7. The van der Waals surface area contributed by atoms with Crippen LogP contribution in [0, 0.1) is 5.82 Å². The van der Waals surface area contributed by atoms with Gasteiger partial charge >= 0.3 is 0 Å². The maximum absolute atomic E-state index is 14.1. The van der Waals surface area contributed by atoms with Crippen LogP contribution in [0.15, 0.2) is 42.5 Å². The Labute approximate surface area is 136 Å². The molecule has 0 aliphatic heterocycles. The van der Waals surface area contributed by atoms with Crippen LogP contribution in [0.1, 0.15) is 36.7 Å². The monoisotopic (exact) mass is 315 g/mol. The summed E-state index contributed by atoms with van der Waals surface area (Å²) in [5, 5.41) is 0. The normalized spacial score (nSPS) is 11.2. The molecule has 0 saturated carbocycles. The number of rotatable bonds is 3. The molecule has 1 amide bonds. The van der Waals surface area contributed by atoms with Crippen LogP contribution in [-0.4, -0.2) is 24.9 Å². The Morgan fingerprint density at radius 2 is 1.65 bits per heavy atom. The molecule has 0 fully saturated rings. The van der Waals surface area contributed by atoms with E-state index in [4.69, 9.17) is 4.74 Å². The van der Waals surface area contributed by atoms with Crippen molar-refractivity contribution in [2.75, 3.05) is 14.1 Å². The molecule has 0 aromatic heterocycles. The quantitative estimate of drug-likeness (QED) is 0.827. The molecule has 122 valence electrons. The van der Waals surface area contributed by atoms with E-state index in [0.29, 0.717) is 11.3 Å². The Kier molecular flexibility index (Phi) is 4.73. The van der Waals surface area contributed by atoms with Crippen molar-refractivity contribution in [1.82, 2.24) is 4.90 Å². The summed E-state index contributed by atoms with van der Waals surface area (Å²) < 4.78 is 19.7. The maximum Gasteiger partial charge on any atom is 0.253 e. The van der Waals surface area contributed by atoms with Crippen LogP contribution in [0.4, 0.5) is 4.39 Å². The molecule has 0 saturated heterocycles. The van der Waals surface area contributed by atoms with Gasteiger partial charge in [-0.15, -0.1) is 0 Å². The summed E-state index contributed by atoms with van der Waals surface area (Å²) in [5.74, 6) is -0.144. The van der Waals surface area contributed by atoms with Crippen LogP contribution in [0.3, 0.4) is 0 Å². The van der Waals surface area contributed by atoms with Gasteiger partial charge in [0.05, 0.1) is 0 Å². The predicted molar refractivity (Wildman–Crippen MR) is 89.6 cm³/mol. The largest absolute Gasteiger partial charge is 0.454 e. The third kappa shape index (κ3) is 4.09. The average Bonchev–Trinajstić information content (AvgIpc) is 2.48. The zero-order valence-corrected chi connectivity index (χ0v) is 14.2. The van der Waals surface area contributed by atoms with Crippen molar-refractivity contribution in [3.8, 4) is 11.5 Å². The predicted octanol–water partition coefficient (Wildman–Crippen LogP) is 4.62. The Balaban J connectivity index is 2.19. The molecule has 0 unspecified atom stereocenters. The van der Waals surface area contributed by atoms with E-state index in [9.17, 15) is 9.18 Å². The molecule has 3 nitrogen and oxygen atoms in total. The van der Waals surface area contributed by atoms with Crippen molar-refractivity contribution in [2.45, 2.75) is 26.2 Å². The van der Waals surface area contributed by atoms with E-state index in [1.54, 1.807) is 20.2 Å². The molecule has 4 heteroatoms. The third-order valence-electron chi connectivity index (χ3n) is 3.53. The molecule has 0 radical (unpaired) electrons. The van der Waals surface area contributed by atoms with E-state index in [-0.39, 0.29) is 17.1 Å². The number of carbonyl (C=O) groups excluding carboxylic acids is 1. The SMILES string of the molecule is CN(C)C(=O)c1ccc(Oc2ccc(C(C)(C)C)cc2)c(F)c1. The molecule has 23 heavy (non-hydrogen) atoms. The van der Waals surface area contributed by atoms with E-state index in [1.165, 1.54) is 22.6 Å². The Morgan fingerprint density at radius 1 is 1.04 bits per heavy atom. The Morgan fingerprint density at radius 3 is 2.13 bits per heavy atom. The van der Waals surface area contributed by atoms with Gasteiger partial charge < -0.3 is 9.64 Å². The van der Waals surface area contributed by atoms with Crippen LogP contribution < -0.4 is 4.74 Å². The van der Waals surface area contributed by atoms with Crippen LogP contribution in [0.25, 0.3) is 0 Å². The van der Waals surface area contributed by atoms with Crippen molar-refractivity contribution in [3.05, 3.63) is 59.4 Å². The number of hydrogen-bond acceptors (Lipinski definition) is 2. The summed E-state index contributed by atoms with van der Waals surface area (Å²) in [6, 6.07) is 11.8. The van der Waals surface area contributed by atoms with Crippen LogP contribution in [0.2, 0.25) is 0 Å². The van der Waals surface area contributed by atoms with Gasteiger partial charge in [0.15, 0.2) is 11.6 Å². The van der Waals surface area contributed by atoms with Crippen molar-refractivity contribution in [2.24, 2.45) is 0 Å². The molecular weight excluding hydrogens is 293 g/mol. The van der Waals surface area contributed by atoms with Gasteiger partial charge in [-0.2, -0.15) is 0 Å². The van der Waals surface area contributed by atoms with Crippen molar-refractivity contribution in [3.63, 3.8) is 0 Å². The summed E-state index contributed by atoms with van der Waals surface area (Å²) in [4.78, 5) is 13.2. The van der Waals surface area contributed by atoms with Crippen molar-refractivity contribution < 1.29 is 13.9 Å². The fourth-order valence-electron chi connectivity index (χ4n) is 2.12. The average molecular weight is 315 g/mol. The molecule has 0 heterocycles. The molecule has 2 aromatic carbocycles. The number of carbonyl (C=O) groups is 1. The van der Waals surface area contributed by atoms with Gasteiger partial charge in [0, 0.05) is 19.7 Å². The lowest BCUT2D eigenvalue weighted by molar-refractivity contribution is 0.0827. The Hall–Kier alpha value is -2.36. The number of halogens is 1. The van der Waals surface area contributed by atoms with Gasteiger partial charge in [-0.1, -0.05) is 32.9 Å². The van der Waals surface area contributed by atoms with E-state index >= 15 is 0 Å². The number of hydrogen-bond donors (Lipinski definition) is 0. The summed E-state index contributed by atoms with van der Waals surface area (Å²) in [7, 11) is 3.25. The molecule has 0 atom stereocenters. The fraction of sp³-hybridized carbons (Fsp3) is 0.316. The zero-order chi connectivity index (χ0) is 17.2. The van der Waals surface area contributed by atoms with Gasteiger partial charge in [-0.05, 0) is 41.3 Å². The first-order valence-corrected chi connectivity index (χ1v) is 7.48. The lowest BCUT2D eigenvalue weighted by Gasteiger charge is -2.19. The molecule has 0 N–H and O–H groups in total. The molecule has 0 aliphatic carbocycles. The van der Waals surface area contributed by atoms with Gasteiger partial charge in [-0.3, -0.25) is 4.79 Å². The number of benzene rings is 2. The van der Waals surface area contributed by atoms with Crippen LogP contribution in [-0.2, 0) is 5.41 Å². The topological polar surface area (TPSA) is 29.5 Å². The van der Waals surface area contributed by atoms with Gasteiger partial charge in [0.1, 0.15) is 5.75 Å². The molecular formula is C19H22FNO2. The second kappa shape index (κ2) is 6.41. The second-order valence-corrected chi connectivity index (χ2v) is 6.72. The smallest absolute Gasteiger partial charge is 0.253 e. The third-order valence-corrected chi connectivity index (χ3v) is 3.53. The maximum atomic E-state index is 14.1. The highest BCUT2D eigenvalue weighted by Gasteiger charge is 2.15. The molecule has 0 aliphatic rings. The highest BCUT2D eigenvalue weighted by atomic mass is 19.1. The van der Waals surface area contributed by atoms with Gasteiger partial charge in [0.25, 0.3) is 5.91 Å². The number of ether oxygens (including phenoxy) is 1. The first kappa shape index (κ1) is 17.0. The minimum Gasteiger partial charge on any atom is -0.454 e. The fourth-order valence-corrected chi connectivity index (χ4v) is 2.12. The summed E-state index contributed by atoms with van der Waals surface area (Å²) in [5.41, 5.74) is 1.53. The van der Waals surface area contributed by atoms with E-state index in [0.717, 1.165) is 0 Å². The summed E-state index contributed by atoms with van der Waals surface area (Å²) in [6.45, 7) is 6.38. The zero-order valence-electron chi connectivity index (χ0n) is 14.2. The van der Waals surface area contributed by atoms with Crippen LogP contribution in [0.5, 0.6) is 11.5 Å². The van der Waals surface area contributed by atoms with Crippen molar-refractivity contribution in [1.29, 1.82) is 0 Å². The van der Waals surface area contributed by atoms with Gasteiger partial charge in [0.2, 0.25) is 0 Å². The standard InChI is InChI=1S/C19H22FNO2/c1-19(2,3)14-7-9-15(10-8-14)23-17-11-6-13(12-16(17)20)18(22)21(4)5/h6-12H,1-5H3. The van der Waals surface area contributed by atoms with Gasteiger partial charge in [-0.25, -0.2) is 4.39 Å². The molecule has 0 spiro atoms. The Bertz CT molecular complexity index is 700. The number of nitrogens with zero attached hydrogens (tertiary/aromatic N) is 1. The summed E-state index contributed by atoms with van der Waals surface area (Å²) in [6.07, 6.45) is 0. The van der Waals surface area contributed by atoms with Crippen LogP contribution >= 0.6 is 0 Å². The second-order valence-electron chi connectivity index (χ2n) is 6.72. The first-order valence-electron chi connectivity index (χ1n) is 7.48.